The van der Waals surface area contributed by atoms with E-state index in [1.807, 2.05) is 20.8 Å². The van der Waals surface area contributed by atoms with Gasteiger partial charge in [0.05, 0.1) is 17.1 Å². The Kier molecular flexibility index (Phi) is 11.4. The van der Waals surface area contributed by atoms with Crippen molar-refractivity contribution in [3.63, 3.8) is 0 Å². The standard InChI is InChI=1S/C33H38F2N4O7S/c1-33(2,3)46-32(42)39-18-15-22(16-19-39)14-17-36-30(40)21-37-31(41)23-4-11-27(12-5-23)47(43,44)38-28-20-25(35)8-13-29(28)45-26-9-6-24(34)7-10-26/h4-13,20,22,38H,14-19,21H2,1-3H3,(H,36,40)(H,37,41). The largest absolute Gasteiger partial charge is 0.455 e. The van der Waals surface area contributed by atoms with Crippen molar-refractivity contribution >= 4 is 33.6 Å². The lowest BCUT2D eigenvalue weighted by atomic mass is 9.94. The van der Waals surface area contributed by atoms with Crippen LogP contribution in [0.4, 0.5) is 19.3 Å². The molecule has 0 atom stereocenters. The molecular formula is C33H38F2N4O7S. The summed E-state index contributed by atoms with van der Waals surface area (Å²) in [5.41, 5.74) is -0.607. The molecular weight excluding hydrogens is 634 g/mol. The molecule has 0 aliphatic carbocycles. The number of piperidine rings is 1. The number of rotatable bonds is 11. The molecule has 3 N–H and O–H groups in total. The Labute approximate surface area is 272 Å². The van der Waals surface area contributed by atoms with Crippen LogP contribution in [-0.4, -0.2) is 63.0 Å². The molecule has 1 aliphatic rings. The number of hydrogen-bond acceptors (Lipinski definition) is 7. The first kappa shape index (κ1) is 35.1. The number of nitrogens with one attached hydrogen (secondary N) is 3. The third-order valence-electron chi connectivity index (χ3n) is 7.20. The van der Waals surface area contributed by atoms with Gasteiger partial charge in [-0.3, -0.25) is 14.3 Å². The maximum Gasteiger partial charge on any atom is 0.410 e. The summed E-state index contributed by atoms with van der Waals surface area (Å²) in [6.45, 7) is 6.82. The van der Waals surface area contributed by atoms with Crippen LogP contribution in [0.1, 0.15) is 50.4 Å². The predicted molar refractivity (Wildman–Crippen MR) is 171 cm³/mol. The van der Waals surface area contributed by atoms with Gasteiger partial charge in [-0.05, 0) is 107 Å². The lowest BCUT2D eigenvalue weighted by Crippen LogP contribution is -2.42. The predicted octanol–water partition coefficient (Wildman–Crippen LogP) is 5.44. The molecule has 1 saturated heterocycles. The van der Waals surface area contributed by atoms with E-state index in [1.165, 1.54) is 42.5 Å². The van der Waals surface area contributed by atoms with E-state index in [9.17, 15) is 31.6 Å². The Hall–Kier alpha value is -4.72. The number of nitrogens with zero attached hydrogens (tertiary/aromatic N) is 1. The Morgan fingerprint density at radius 2 is 1.53 bits per heavy atom. The van der Waals surface area contributed by atoms with Crippen LogP contribution in [0.15, 0.2) is 71.6 Å². The van der Waals surface area contributed by atoms with E-state index in [0.29, 0.717) is 25.6 Å². The zero-order chi connectivity index (χ0) is 34.2. The molecule has 0 saturated carbocycles. The maximum atomic E-state index is 14.0. The topological polar surface area (TPSA) is 143 Å². The first-order valence-corrected chi connectivity index (χ1v) is 16.6. The zero-order valence-corrected chi connectivity index (χ0v) is 27.2. The number of anilines is 1. The molecule has 1 aliphatic heterocycles. The molecule has 0 bridgehead atoms. The summed E-state index contributed by atoms with van der Waals surface area (Å²) >= 11 is 0. The second kappa shape index (κ2) is 15.2. The van der Waals surface area contributed by atoms with E-state index in [4.69, 9.17) is 9.47 Å². The van der Waals surface area contributed by atoms with Gasteiger partial charge in [0.1, 0.15) is 23.0 Å². The minimum absolute atomic E-state index is 0.0144. The van der Waals surface area contributed by atoms with Crippen molar-refractivity contribution in [2.24, 2.45) is 5.92 Å². The fourth-order valence-electron chi connectivity index (χ4n) is 4.76. The number of sulfonamides is 1. The summed E-state index contributed by atoms with van der Waals surface area (Å²) in [6, 6.07) is 13.2. The molecule has 47 heavy (non-hydrogen) atoms. The van der Waals surface area contributed by atoms with Crippen LogP contribution in [-0.2, 0) is 19.6 Å². The summed E-state index contributed by atoms with van der Waals surface area (Å²) < 4.78 is 66.6. The lowest BCUT2D eigenvalue weighted by molar-refractivity contribution is -0.120. The molecule has 3 aromatic rings. The van der Waals surface area contributed by atoms with Crippen molar-refractivity contribution in [2.75, 3.05) is 30.9 Å². The van der Waals surface area contributed by atoms with Crippen LogP contribution in [0.25, 0.3) is 0 Å². The molecule has 1 heterocycles. The van der Waals surface area contributed by atoms with Gasteiger partial charge in [-0.1, -0.05) is 0 Å². The molecule has 0 aromatic heterocycles. The van der Waals surface area contributed by atoms with E-state index < -0.39 is 33.2 Å². The van der Waals surface area contributed by atoms with Gasteiger partial charge in [-0.2, -0.15) is 0 Å². The van der Waals surface area contributed by atoms with Gasteiger partial charge in [-0.25, -0.2) is 22.0 Å². The first-order valence-electron chi connectivity index (χ1n) is 15.1. The van der Waals surface area contributed by atoms with Crippen molar-refractivity contribution in [3.8, 4) is 11.5 Å². The third kappa shape index (κ3) is 10.7. The van der Waals surface area contributed by atoms with Gasteiger partial charge in [0.2, 0.25) is 5.91 Å². The summed E-state index contributed by atoms with van der Waals surface area (Å²) in [7, 11) is -4.23. The summed E-state index contributed by atoms with van der Waals surface area (Å²) in [5.74, 6) is -1.61. The second-order valence-corrected chi connectivity index (χ2v) is 13.7. The Morgan fingerprint density at radius 1 is 0.894 bits per heavy atom. The zero-order valence-electron chi connectivity index (χ0n) is 26.3. The van der Waals surface area contributed by atoms with Gasteiger partial charge < -0.3 is 25.0 Å². The molecule has 0 unspecified atom stereocenters. The highest BCUT2D eigenvalue weighted by atomic mass is 32.2. The molecule has 252 valence electrons. The van der Waals surface area contributed by atoms with Crippen LogP contribution in [0.5, 0.6) is 11.5 Å². The quantitative estimate of drug-likeness (QED) is 0.246. The van der Waals surface area contributed by atoms with Crippen molar-refractivity contribution in [1.29, 1.82) is 0 Å². The highest BCUT2D eigenvalue weighted by Gasteiger charge is 2.27. The Balaban J connectivity index is 1.23. The van der Waals surface area contributed by atoms with Crippen LogP contribution in [0.3, 0.4) is 0 Å². The number of halogens is 2. The number of carbonyl (C=O) groups excluding carboxylic acids is 3. The van der Waals surface area contributed by atoms with Crippen molar-refractivity contribution in [2.45, 2.75) is 50.5 Å². The average Bonchev–Trinajstić information content (AvgIpc) is 3.01. The lowest BCUT2D eigenvalue weighted by Gasteiger charge is -2.33. The fraction of sp³-hybridized carbons (Fsp3) is 0.364. The third-order valence-corrected chi connectivity index (χ3v) is 8.59. The van der Waals surface area contributed by atoms with E-state index in [2.05, 4.69) is 15.4 Å². The van der Waals surface area contributed by atoms with Crippen LogP contribution in [0, 0.1) is 17.6 Å². The normalized spacial score (nSPS) is 13.9. The van der Waals surface area contributed by atoms with Crippen LogP contribution >= 0.6 is 0 Å². The number of hydrogen-bond donors (Lipinski definition) is 3. The molecule has 14 heteroatoms. The minimum Gasteiger partial charge on any atom is -0.455 e. The number of benzene rings is 3. The fourth-order valence-corrected chi connectivity index (χ4v) is 5.82. The van der Waals surface area contributed by atoms with Crippen LogP contribution < -0.4 is 20.1 Å². The smallest absolute Gasteiger partial charge is 0.410 e. The van der Waals surface area contributed by atoms with E-state index in [0.717, 1.165) is 43.5 Å². The number of amides is 3. The Bertz CT molecular complexity index is 1670. The van der Waals surface area contributed by atoms with E-state index >= 15 is 0 Å². The number of ether oxygens (including phenoxy) is 2. The molecule has 4 rings (SSSR count). The summed E-state index contributed by atoms with van der Waals surface area (Å²) in [4.78, 5) is 38.6. The number of likely N-dealkylation sites (tertiary alicyclic amines) is 1. The van der Waals surface area contributed by atoms with Crippen molar-refractivity contribution in [3.05, 3.63) is 83.9 Å². The molecule has 3 aromatic carbocycles. The maximum absolute atomic E-state index is 14.0. The average molecular weight is 673 g/mol. The Morgan fingerprint density at radius 3 is 2.17 bits per heavy atom. The second-order valence-electron chi connectivity index (χ2n) is 12.1. The van der Waals surface area contributed by atoms with Crippen molar-refractivity contribution in [1.82, 2.24) is 15.5 Å². The van der Waals surface area contributed by atoms with E-state index in [-0.39, 0.29) is 46.2 Å². The monoisotopic (exact) mass is 672 g/mol. The van der Waals surface area contributed by atoms with Gasteiger partial charge in [-0.15, -0.1) is 0 Å². The van der Waals surface area contributed by atoms with Gasteiger partial charge in [0.15, 0.2) is 5.75 Å². The SMILES string of the molecule is CC(C)(C)OC(=O)N1CCC(CCNC(=O)CNC(=O)c2ccc(S(=O)(=O)Nc3cc(F)ccc3Oc3ccc(F)cc3)cc2)CC1. The van der Waals surface area contributed by atoms with Crippen LogP contribution in [0.2, 0.25) is 0 Å². The first-order chi connectivity index (χ1) is 22.2. The van der Waals surface area contributed by atoms with Crippen molar-refractivity contribution < 1.29 is 41.1 Å². The highest BCUT2D eigenvalue weighted by Crippen LogP contribution is 2.32. The van der Waals surface area contributed by atoms with Gasteiger partial charge >= 0.3 is 6.09 Å². The van der Waals surface area contributed by atoms with Gasteiger partial charge in [0.25, 0.3) is 15.9 Å². The highest BCUT2D eigenvalue weighted by molar-refractivity contribution is 7.92. The molecule has 3 amide bonds. The molecule has 0 radical (unpaired) electrons. The summed E-state index contributed by atoms with van der Waals surface area (Å²) in [6.07, 6.45) is 2.03. The molecule has 0 spiro atoms. The van der Waals surface area contributed by atoms with Gasteiger partial charge in [0, 0.05) is 31.3 Å². The molecule has 1 fully saturated rings. The summed E-state index contributed by atoms with van der Waals surface area (Å²) in [5, 5.41) is 5.29. The molecule has 11 nitrogen and oxygen atoms in total. The number of carbonyl (C=O) groups is 3. The minimum atomic E-state index is -4.23. The van der Waals surface area contributed by atoms with E-state index in [1.54, 1.807) is 4.90 Å².